The van der Waals surface area contributed by atoms with E-state index in [2.05, 4.69) is 10.6 Å². The van der Waals surface area contributed by atoms with Gasteiger partial charge in [-0.25, -0.2) is 0 Å². The van der Waals surface area contributed by atoms with Crippen molar-refractivity contribution in [3.8, 4) is 6.07 Å². The Morgan fingerprint density at radius 2 is 2.39 bits per heavy atom. The molecule has 0 spiro atoms. The lowest BCUT2D eigenvalue weighted by Gasteiger charge is -2.09. The minimum Gasteiger partial charge on any atom is -0.387 e. The summed E-state index contributed by atoms with van der Waals surface area (Å²) in [6.07, 6.45) is 3.77. The Kier molecular flexibility index (Phi) is 6.23. The molecule has 1 saturated heterocycles. The summed E-state index contributed by atoms with van der Waals surface area (Å²) in [7, 11) is 0. The van der Waals surface area contributed by atoms with Crippen LogP contribution in [-0.2, 0) is 9.53 Å². The third-order valence-electron chi connectivity index (χ3n) is 2.65. The van der Waals surface area contributed by atoms with Crippen molar-refractivity contribution in [1.29, 1.82) is 5.26 Å². The number of hydrogen-bond donors (Lipinski definition) is 2. The number of carbonyl (C=O) groups excluding carboxylic acids is 1. The number of nitrogens with one attached hydrogen (secondary N) is 2. The van der Waals surface area contributed by atoms with Crippen molar-refractivity contribution >= 4 is 5.91 Å². The van der Waals surface area contributed by atoms with Crippen molar-refractivity contribution < 1.29 is 9.53 Å². The first-order chi connectivity index (χ1) is 8.63. The van der Waals surface area contributed by atoms with E-state index in [0.717, 1.165) is 19.4 Å². The molecule has 1 aliphatic rings. The smallest absolute Gasteiger partial charge is 0.263 e. The normalized spacial score (nSPS) is 19.7. The molecule has 2 N–H and O–H groups in total. The molecule has 0 radical (unpaired) electrons. The van der Waals surface area contributed by atoms with Crippen LogP contribution in [0.1, 0.15) is 26.7 Å². The van der Waals surface area contributed by atoms with Crippen LogP contribution in [0.4, 0.5) is 0 Å². The Morgan fingerprint density at radius 1 is 1.61 bits per heavy atom. The van der Waals surface area contributed by atoms with E-state index in [1.165, 1.54) is 6.20 Å². The number of carbonyl (C=O) groups is 1. The number of amides is 1. The third kappa shape index (κ3) is 5.19. The topological polar surface area (TPSA) is 74.2 Å². The van der Waals surface area contributed by atoms with Gasteiger partial charge in [0.1, 0.15) is 11.6 Å². The second kappa shape index (κ2) is 7.72. The lowest BCUT2D eigenvalue weighted by molar-refractivity contribution is -0.117. The maximum Gasteiger partial charge on any atom is 0.263 e. The van der Waals surface area contributed by atoms with Crippen molar-refractivity contribution in [3.05, 3.63) is 11.8 Å². The zero-order chi connectivity index (χ0) is 13.4. The second-order valence-corrected chi connectivity index (χ2v) is 4.82. The van der Waals surface area contributed by atoms with Gasteiger partial charge in [-0.2, -0.15) is 5.26 Å². The fraction of sp³-hybridized carbons (Fsp3) is 0.692. The summed E-state index contributed by atoms with van der Waals surface area (Å²) in [5.74, 6) is 0.0415. The highest BCUT2D eigenvalue weighted by Gasteiger charge is 2.14. The summed E-state index contributed by atoms with van der Waals surface area (Å²) >= 11 is 0. The van der Waals surface area contributed by atoms with Gasteiger partial charge in [-0.05, 0) is 18.8 Å². The zero-order valence-corrected chi connectivity index (χ0v) is 11.0. The van der Waals surface area contributed by atoms with E-state index in [-0.39, 0.29) is 17.6 Å². The van der Waals surface area contributed by atoms with Crippen molar-refractivity contribution in [2.24, 2.45) is 5.92 Å². The SMILES string of the molecule is CC(C)CNC(=O)/C(C#N)=C\NCC1CCCO1. The van der Waals surface area contributed by atoms with Crippen LogP contribution in [0.25, 0.3) is 0 Å². The van der Waals surface area contributed by atoms with Gasteiger partial charge in [-0.1, -0.05) is 13.8 Å². The molecule has 1 rings (SSSR count). The van der Waals surface area contributed by atoms with Crippen LogP contribution in [0.3, 0.4) is 0 Å². The Labute approximate surface area is 108 Å². The highest BCUT2D eigenvalue weighted by atomic mass is 16.5. The largest absolute Gasteiger partial charge is 0.387 e. The van der Waals surface area contributed by atoms with Gasteiger partial charge in [0.05, 0.1) is 6.10 Å². The number of nitriles is 1. The van der Waals surface area contributed by atoms with E-state index in [9.17, 15) is 4.79 Å². The molecule has 5 heteroatoms. The quantitative estimate of drug-likeness (QED) is 0.544. The summed E-state index contributed by atoms with van der Waals surface area (Å²) in [6.45, 7) is 6.03. The van der Waals surface area contributed by atoms with E-state index in [1.807, 2.05) is 19.9 Å². The van der Waals surface area contributed by atoms with Crippen molar-refractivity contribution in [2.45, 2.75) is 32.8 Å². The van der Waals surface area contributed by atoms with Gasteiger partial charge in [0.15, 0.2) is 0 Å². The molecule has 18 heavy (non-hydrogen) atoms. The van der Waals surface area contributed by atoms with E-state index in [0.29, 0.717) is 19.0 Å². The average molecular weight is 251 g/mol. The van der Waals surface area contributed by atoms with Crippen LogP contribution >= 0.6 is 0 Å². The molecule has 1 heterocycles. The van der Waals surface area contributed by atoms with E-state index >= 15 is 0 Å². The summed E-state index contributed by atoms with van der Waals surface area (Å²) in [5.41, 5.74) is 0.105. The predicted octanol–water partition coefficient (Wildman–Crippen LogP) is 0.935. The first-order valence-electron chi connectivity index (χ1n) is 6.37. The van der Waals surface area contributed by atoms with Crippen LogP contribution in [0.15, 0.2) is 11.8 Å². The van der Waals surface area contributed by atoms with E-state index in [4.69, 9.17) is 10.00 Å². The van der Waals surface area contributed by atoms with Gasteiger partial charge in [0.25, 0.3) is 5.91 Å². The van der Waals surface area contributed by atoms with Crippen molar-refractivity contribution in [1.82, 2.24) is 10.6 Å². The minimum absolute atomic E-state index is 0.105. The molecule has 1 atom stereocenters. The molecule has 100 valence electrons. The maximum atomic E-state index is 11.6. The molecule has 0 aliphatic carbocycles. The minimum atomic E-state index is -0.328. The summed E-state index contributed by atoms with van der Waals surface area (Å²) < 4.78 is 5.43. The van der Waals surface area contributed by atoms with Crippen LogP contribution in [0, 0.1) is 17.2 Å². The van der Waals surface area contributed by atoms with Gasteiger partial charge in [-0.3, -0.25) is 4.79 Å². The van der Waals surface area contributed by atoms with Gasteiger partial charge in [-0.15, -0.1) is 0 Å². The molecule has 1 aliphatic heterocycles. The summed E-state index contributed by atoms with van der Waals surface area (Å²) in [6, 6.07) is 1.90. The Hall–Kier alpha value is -1.54. The molecule has 0 aromatic heterocycles. The highest BCUT2D eigenvalue weighted by molar-refractivity contribution is 5.97. The zero-order valence-electron chi connectivity index (χ0n) is 11.0. The standard InChI is InChI=1S/C13H21N3O2/c1-10(2)7-16-13(17)11(6-14)8-15-9-12-4-3-5-18-12/h8,10,12,15H,3-5,7,9H2,1-2H3,(H,16,17)/b11-8-. The molecule has 1 unspecified atom stereocenters. The second-order valence-electron chi connectivity index (χ2n) is 4.82. The number of rotatable bonds is 6. The predicted molar refractivity (Wildman–Crippen MR) is 68.5 cm³/mol. The molecular weight excluding hydrogens is 230 g/mol. The molecule has 0 aromatic carbocycles. The molecule has 0 bridgehead atoms. The van der Waals surface area contributed by atoms with Crippen LogP contribution in [0.5, 0.6) is 0 Å². The summed E-state index contributed by atoms with van der Waals surface area (Å²) in [4.78, 5) is 11.6. The van der Waals surface area contributed by atoms with Crippen molar-refractivity contribution in [2.75, 3.05) is 19.7 Å². The molecule has 1 amide bonds. The third-order valence-corrected chi connectivity index (χ3v) is 2.65. The van der Waals surface area contributed by atoms with Crippen LogP contribution in [0.2, 0.25) is 0 Å². The average Bonchev–Trinajstić information content (AvgIpc) is 2.84. The fourth-order valence-corrected chi connectivity index (χ4v) is 1.64. The lowest BCUT2D eigenvalue weighted by Crippen LogP contribution is -2.30. The van der Waals surface area contributed by atoms with Gasteiger partial charge in [0, 0.05) is 25.9 Å². The highest BCUT2D eigenvalue weighted by Crippen LogP contribution is 2.10. The molecule has 0 aromatic rings. The molecule has 0 saturated carbocycles. The Bertz CT molecular complexity index is 339. The lowest BCUT2D eigenvalue weighted by atomic mass is 10.2. The van der Waals surface area contributed by atoms with E-state index in [1.54, 1.807) is 0 Å². The molecule has 5 nitrogen and oxygen atoms in total. The summed E-state index contributed by atoms with van der Waals surface area (Å²) in [5, 5.41) is 14.6. The molecular formula is C13H21N3O2. The number of nitrogens with zero attached hydrogens (tertiary/aromatic N) is 1. The Morgan fingerprint density at radius 3 is 2.94 bits per heavy atom. The fourth-order valence-electron chi connectivity index (χ4n) is 1.64. The van der Waals surface area contributed by atoms with Gasteiger partial charge < -0.3 is 15.4 Å². The maximum absolute atomic E-state index is 11.6. The van der Waals surface area contributed by atoms with Crippen molar-refractivity contribution in [3.63, 3.8) is 0 Å². The van der Waals surface area contributed by atoms with Crippen LogP contribution in [-0.4, -0.2) is 31.7 Å². The Balaban J connectivity index is 2.34. The van der Waals surface area contributed by atoms with Crippen LogP contribution < -0.4 is 10.6 Å². The molecule has 1 fully saturated rings. The number of hydrogen-bond acceptors (Lipinski definition) is 4. The monoisotopic (exact) mass is 251 g/mol. The van der Waals surface area contributed by atoms with Gasteiger partial charge >= 0.3 is 0 Å². The first-order valence-corrected chi connectivity index (χ1v) is 6.37. The first kappa shape index (κ1) is 14.5. The van der Waals surface area contributed by atoms with E-state index < -0.39 is 0 Å². The number of ether oxygens (including phenoxy) is 1. The van der Waals surface area contributed by atoms with Gasteiger partial charge in [0.2, 0.25) is 0 Å².